The molecule has 0 atom stereocenters. The molecule has 1 heterocycles. The van der Waals surface area contributed by atoms with Crippen molar-refractivity contribution in [1.29, 1.82) is 0 Å². The van der Waals surface area contributed by atoms with Crippen LogP contribution in [0.1, 0.15) is 21.5 Å². The maximum Gasteiger partial charge on any atom is 0.285 e. The third kappa shape index (κ3) is 3.72. The third-order valence-corrected chi connectivity index (χ3v) is 4.87. The van der Waals surface area contributed by atoms with Gasteiger partial charge in [0, 0.05) is 5.56 Å². The predicted octanol–water partition coefficient (Wildman–Crippen LogP) is 3.25. The molecule has 2 aromatic rings. The van der Waals surface area contributed by atoms with Crippen molar-refractivity contribution in [1.82, 2.24) is 10.4 Å². The van der Waals surface area contributed by atoms with Crippen LogP contribution in [0, 0.1) is 6.92 Å². The molecule has 1 fully saturated rings. The molecule has 0 unspecified atom stereocenters. The number of benzene rings is 2. The summed E-state index contributed by atoms with van der Waals surface area (Å²) in [5.74, 6) is -0.689. The van der Waals surface area contributed by atoms with Crippen LogP contribution < -0.4 is 5.43 Å². The summed E-state index contributed by atoms with van der Waals surface area (Å²) in [6, 6.07) is 13.6. The fourth-order valence-electron chi connectivity index (χ4n) is 2.32. The molecule has 126 valence electrons. The van der Waals surface area contributed by atoms with E-state index in [1.165, 1.54) is 0 Å². The van der Waals surface area contributed by atoms with Crippen LogP contribution in [0.15, 0.2) is 53.4 Å². The van der Waals surface area contributed by atoms with Crippen molar-refractivity contribution in [2.45, 2.75) is 6.92 Å². The van der Waals surface area contributed by atoms with Crippen LogP contribution in [0.5, 0.6) is 5.75 Å². The highest BCUT2D eigenvalue weighted by Gasteiger charge is 2.33. The van der Waals surface area contributed by atoms with Crippen LogP contribution in [0.4, 0.5) is 0 Å². The first kappa shape index (κ1) is 17.2. The highest BCUT2D eigenvalue weighted by Crippen LogP contribution is 2.32. The van der Waals surface area contributed by atoms with Gasteiger partial charge >= 0.3 is 0 Å². The van der Waals surface area contributed by atoms with E-state index in [9.17, 15) is 14.7 Å². The molecule has 1 saturated heterocycles. The quantitative estimate of drug-likeness (QED) is 0.641. The molecule has 0 spiro atoms. The van der Waals surface area contributed by atoms with E-state index in [0.717, 1.165) is 22.3 Å². The number of carbonyl (C=O) groups is 2. The van der Waals surface area contributed by atoms with Crippen LogP contribution in [-0.4, -0.2) is 26.3 Å². The standard InChI is InChI=1S/C18H14N2O3S2/c1-11-5-2-3-8-14(11)16(22)19-20-17(23)15(25-18(20)24)10-12-6-4-7-13(21)9-12/h2-10,21H,1H3,(H,19,22). The average Bonchev–Trinajstić information content (AvgIpc) is 2.83. The van der Waals surface area contributed by atoms with Gasteiger partial charge in [0.25, 0.3) is 11.8 Å². The Labute approximate surface area is 154 Å². The number of nitrogens with zero attached hydrogens (tertiary/aromatic N) is 1. The van der Waals surface area contributed by atoms with E-state index in [2.05, 4.69) is 5.43 Å². The van der Waals surface area contributed by atoms with Crippen molar-refractivity contribution in [3.05, 3.63) is 70.1 Å². The van der Waals surface area contributed by atoms with Crippen molar-refractivity contribution in [2.75, 3.05) is 0 Å². The fourth-order valence-corrected chi connectivity index (χ4v) is 3.50. The molecule has 0 aromatic heterocycles. The Morgan fingerprint density at radius 1 is 1.24 bits per heavy atom. The number of nitrogens with one attached hydrogen (secondary N) is 1. The summed E-state index contributed by atoms with van der Waals surface area (Å²) in [5.41, 5.74) is 4.51. The number of thiocarbonyl (C=S) groups is 1. The molecule has 1 aliphatic heterocycles. The van der Waals surface area contributed by atoms with Gasteiger partial charge in [0.2, 0.25) is 0 Å². The topological polar surface area (TPSA) is 69.6 Å². The number of aromatic hydroxyl groups is 1. The van der Waals surface area contributed by atoms with Gasteiger partial charge in [-0.05, 0) is 54.5 Å². The summed E-state index contributed by atoms with van der Waals surface area (Å²) in [6.45, 7) is 1.82. The molecule has 2 amide bonds. The minimum atomic E-state index is -0.403. The molecule has 0 bridgehead atoms. The molecular weight excluding hydrogens is 356 g/mol. The van der Waals surface area contributed by atoms with Crippen LogP contribution in [-0.2, 0) is 4.79 Å². The molecule has 1 aliphatic rings. The maximum absolute atomic E-state index is 12.5. The Morgan fingerprint density at radius 2 is 2.00 bits per heavy atom. The lowest BCUT2D eigenvalue weighted by molar-refractivity contribution is -0.123. The maximum atomic E-state index is 12.5. The Bertz CT molecular complexity index is 909. The highest BCUT2D eigenvalue weighted by molar-refractivity contribution is 8.26. The van der Waals surface area contributed by atoms with Crippen molar-refractivity contribution < 1.29 is 14.7 Å². The molecular formula is C18H14N2O3S2. The third-order valence-electron chi connectivity index (χ3n) is 3.56. The van der Waals surface area contributed by atoms with Gasteiger partial charge < -0.3 is 5.11 Å². The van der Waals surface area contributed by atoms with Crippen LogP contribution >= 0.6 is 24.0 Å². The van der Waals surface area contributed by atoms with E-state index in [1.807, 2.05) is 19.1 Å². The zero-order valence-electron chi connectivity index (χ0n) is 13.2. The molecule has 2 aromatic carbocycles. The van der Waals surface area contributed by atoms with E-state index >= 15 is 0 Å². The first-order valence-electron chi connectivity index (χ1n) is 7.39. The minimum Gasteiger partial charge on any atom is -0.508 e. The summed E-state index contributed by atoms with van der Waals surface area (Å²) in [4.78, 5) is 25.3. The molecule has 0 aliphatic carbocycles. The summed E-state index contributed by atoms with van der Waals surface area (Å²) < 4.78 is 0.248. The van der Waals surface area contributed by atoms with Gasteiger partial charge in [-0.15, -0.1) is 0 Å². The van der Waals surface area contributed by atoms with Gasteiger partial charge in [-0.3, -0.25) is 15.0 Å². The van der Waals surface area contributed by atoms with Crippen molar-refractivity contribution in [3.63, 3.8) is 0 Å². The Morgan fingerprint density at radius 3 is 2.72 bits per heavy atom. The molecule has 7 heteroatoms. The fraction of sp³-hybridized carbons (Fsp3) is 0.0556. The molecule has 0 radical (unpaired) electrons. The van der Waals surface area contributed by atoms with Crippen molar-refractivity contribution >= 4 is 46.2 Å². The number of rotatable bonds is 3. The van der Waals surface area contributed by atoms with E-state index in [4.69, 9.17) is 12.2 Å². The second-order valence-corrected chi connectivity index (χ2v) is 7.04. The van der Waals surface area contributed by atoms with Gasteiger partial charge in [0.1, 0.15) is 5.75 Å². The average molecular weight is 370 g/mol. The number of hydrogen-bond donors (Lipinski definition) is 2. The lowest BCUT2D eigenvalue weighted by Crippen LogP contribution is -2.45. The van der Waals surface area contributed by atoms with Gasteiger partial charge in [-0.2, -0.15) is 5.01 Å². The zero-order valence-corrected chi connectivity index (χ0v) is 14.9. The number of phenols is 1. The van der Waals surface area contributed by atoms with Crippen LogP contribution in [0.2, 0.25) is 0 Å². The van der Waals surface area contributed by atoms with Gasteiger partial charge in [0.05, 0.1) is 4.91 Å². The number of carbonyl (C=O) groups excluding carboxylic acids is 2. The minimum absolute atomic E-state index is 0.108. The lowest BCUT2D eigenvalue weighted by Gasteiger charge is -2.16. The Hall–Kier alpha value is -2.64. The predicted molar refractivity (Wildman–Crippen MR) is 102 cm³/mol. The first-order chi connectivity index (χ1) is 12.0. The van der Waals surface area contributed by atoms with Gasteiger partial charge in [-0.25, -0.2) is 0 Å². The van der Waals surface area contributed by atoms with Crippen LogP contribution in [0.3, 0.4) is 0 Å². The lowest BCUT2D eigenvalue weighted by atomic mass is 10.1. The molecule has 2 N–H and O–H groups in total. The second kappa shape index (κ2) is 7.08. The number of hydrazine groups is 1. The van der Waals surface area contributed by atoms with E-state index in [1.54, 1.807) is 42.5 Å². The zero-order chi connectivity index (χ0) is 18.0. The summed E-state index contributed by atoms with van der Waals surface area (Å²) in [5, 5.41) is 10.6. The number of phenolic OH excluding ortho intramolecular Hbond substituents is 1. The summed E-state index contributed by atoms with van der Waals surface area (Å²) >= 11 is 6.30. The van der Waals surface area contributed by atoms with Crippen molar-refractivity contribution in [3.8, 4) is 5.75 Å². The van der Waals surface area contributed by atoms with Crippen molar-refractivity contribution in [2.24, 2.45) is 0 Å². The highest BCUT2D eigenvalue weighted by atomic mass is 32.2. The largest absolute Gasteiger partial charge is 0.508 e. The van der Waals surface area contributed by atoms with Crippen LogP contribution in [0.25, 0.3) is 6.08 Å². The first-order valence-corrected chi connectivity index (χ1v) is 8.62. The van der Waals surface area contributed by atoms with E-state index < -0.39 is 11.8 Å². The second-order valence-electron chi connectivity index (χ2n) is 5.37. The summed E-state index contributed by atoms with van der Waals surface area (Å²) in [7, 11) is 0. The Kier molecular flexibility index (Phi) is 4.87. The molecule has 5 nitrogen and oxygen atoms in total. The van der Waals surface area contributed by atoms with E-state index in [0.29, 0.717) is 16.0 Å². The van der Waals surface area contributed by atoms with Gasteiger partial charge in [-0.1, -0.05) is 42.1 Å². The number of aryl methyl sites for hydroxylation is 1. The SMILES string of the molecule is Cc1ccccc1C(=O)NN1C(=O)C(=Cc2cccc(O)c2)SC1=S. The molecule has 25 heavy (non-hydrogen) atoms. The number of amides is 2. The van der Waals surface area contributed by atoms with Gasteiger partial charge in [0.15, 0.2) is 4.32 Å². The van der Waals surface area contributed by atoms with E-state index in [-0.39, 0.29) is 10.1 Å². The summed E-state index contributed by atoms with van der Waals surface area (Å²) in [6.07, 6.45) is 1.62. The molecule has 3 rings (SSSR count). The Balaban J connectivity index is 1.80. The monoisotopic (exact) mass is 370 g/mol. The number of thioether (sulfide) groups is 1. The number of hydrogen-bond acceptors (Lipinski definition) is 5. The normalized spacial score (nSPS) is 15.7. The molecule has 0 saturated carbocycles. The smallest absolute Gasteiger partial charge is 0.285 e.